The van der Waals surface area contributed by atoms with E-state index in [1.54, 1.807) is 31.2 Å². The van der Waals surface area contributed by atoms with Crippen molar-refractivity contribution in [2.24, 2.45) is 0 Å². The Bertz CT molecular complexity index is 1030. The molecule has 0 aliphatic heterocycles. The minimum Gasteiger partial charge on any atom is -0.461 e. The first kappa shape index (κ1) is 24.1. The third kappa shape index (κ3) is 6.73. The fourth-order valence-corrected chi connectivity index (χ4v) is 2.84. The van der Waals surface area contributed by atoms with Crippen LogP contribution in [0, 0.1) is 0 Å². The molecule has 0 spiro atoms. The molecule has 3 aromatic carbocycles. The van der Waals surface area contributed by atoms with Crippen LogP contribution in [0.4, 0.5) is 13.2 Å². The van der Waals surface area contributed by atoms with Gasteiger partial charge < -0.3 is 18.9 Å². The molecule has 0 aliphatic carbocycles. The van der Waals surface area contributed by atoms with Gasteiger partial charge >= 0.3 is 17.9 Å². The number of rotatable bonds is 9. The Labute approximate surface area is 189 Å². The number of esters is 1. The molecule has 0 aliphatic rings. The lowest BCUT2D eigenvalue weighted by molar-refractivity contribution is -0.214. The molecule has 0 heterocycles. The highest BCUT2D eigenvalue weighted by Gasteiger charge is 2.39. The fourth-order valence-electron chi connectivity index (χ4n) is 2.84. The van der Waals surface area contributed by atoms with Gasteiger partial charge in [-0.1, -0.05) is 30.3 Å². The largest absolute Gasteiger partial charge is 0.461 e. The summed E-state index contributed by atoms with van der Waals surface area (Å²) in [5, 5.41) is 0. The van der Waals surface area contributed by atoms with E-state index in [1.807, 2.05) is 30.3 Å². The van der Waals surface area contributed by atoms with Gasteiger partial charge in [-0.2, -0.15) is 13.2 Å². The van der Waals surface area contributed by atoms with Gasteiger partial charge in [0, 0.05) is 6.92 Å². The van der Waals surface area contributed by atoms with Gasteiger partial charge in [0.1, 0.15) is 17.2 Å². The molecule has 0 bridgehead atoms. The monoisotopic (exact) mass is 460 g/mol. The van der Waals surface area contributed by atoms with Crippen molar-refractivity contribution in [3.8, 4) is 17.2 Å². The van der Waals surface area contributed by atoms with Crippen molar-refractivity contribution in [3.05, 3.63) is 90.0 Å². The molecule has 0 N–H and O–H groups in total. The summed E-state index contributed by atoms with van der Waals surface area (Å²) in [6.45, 7) is 3.45. The molecule has 0 amide bonds. The second-order valence-electron chi connectivity index (χ2n) is 7.14. The number of hydrogen-bond donors (Lipinski definition) is 0. The summed E-state index contributed by atoms with van der Waals surface area (Å²) in [6.07, 6.45) is -4.41. The number of alkyl halides is 3. The fraction of sp³-hybridized carbons (Fsp3) is 0.240. The van der Waals surface area contributed by atoms with Crippen molar-refractivity contribution < 1.29 is 36.9 Å². The van der Waals surface area contributed by atoms with Gasteiger partial charge in [0.05, 0.1) is 18.8 Å². The van der Waals surface area contributed by atoms with Crippen LogP contribution in [-0.2, 0) is 27.1 Å². The lowest BCUT2D eigenvalue weighted by atomic mass is 10.2. The Morgan fingerprint density at radius 1 is 0.818 bits per heavy atom. The van der Waals surface area contributed by atoms with Crippen LogP contribution in [0.5, 0.6) is 17.2 Å². The predicted octanol–water partition coefficient (Wildman–Crippen LogP) is 6.37. The van der Waals surface area contributed by atoms with Crippen LogP contribution >= 0.6 is 0 Å². The first-order valence-corrected chi connectivity index (χ1v) is 10.2. The van der Waals surface area contributed by atoms with E-state index in [0.717, 1.165) is 17.7 Å². The van der Waals surface area contributed by atoms with Gasteiger partial charge in [-0.05, 0) is 61.0 Å². The normalized spacial score (nSPS) is 13.1. The Kier molecular flexibility index (Phi) is 7.60. The maximum atomic E-state index is 12.7. The lowest BCUT2D eigenvalue weighted by Gasteiger charge is -2.28. The summed E-state index contributed by atoms with van der Waals surface area (Å²) in [6, 6.07) is 19.9. The summed E-state index contributed by atoms with van der Waals surface area (Å²) in [4.78, 5) is 12.5. The predicted molar refractivity (Wildman–Crippen MR) is 115 cm³/mol. The average molecular weight is 460 g/mol. The minimum atomic E-state index is -4.41. The summed E-state index contributed by atoms with van der Waals surface area (Å²) < 4.78 is 60.3. The molecule has 0 radical (unpaired) electrons. The van der Waals surface area contributed by atoms with Gasteiger partial charge in [0.25, 0.3) is 0 Å². The van der Waals surface area contributed by atoms with Gasteiger partial charge in [0.2, 0.25) is 0 Å². The number of ether oxygens (including phenoxy) is 4. The number of carbonyl (C=O) groups is 1. The lowest BCUT2D eigenvalue weighted by Crippen LogP contribution is -2.45. The SMILES string of the molecule is CCOC(=O)C(C)(OCc1ccccc1)Oc1ccc(Oc2ccc(C(F)(F)F)cc2)cc1. The van der Waals surface area contributed by atoms with Crippen LogP contribution in [-0.4, -0.2) is 18.4 Å². The van der Waals surface area contributed by atoms with Crippen molar-refractivity contribution in [3.63, 3.8) is 0 Å². The number of hydrogen-bond acceptors (Lipinski definition) is 5. The maximum absolute atomic E-state index is 12.7. The molecule has 0 aromatic heterocycles. The molecular formula is C25H23F3O5. The minimum absolute atomic E-state index is 0.130. The zero-order valence-electron chi connectivity index (χ0n) is 18.1. The molecular weight excluding hydrogens is 437 g/mol. The van der Waals surface area contributed by atoms with Crippen LogP contribution in [0.1, 0.15) is 25.0 Å². The van der Waals surface area contributed by atoms with E-state index < -0.39 is 23.5 Å². The Morgan fingerprint density at radius 2 is 1.36 bits per heavy atom. The van der Waals surface area contributed by atoms with E-state index in [-0.39, 0.29) is 19.0 Å². The van der Waals surface area contributed by atoms with Gasteiger partial charge in [0.15, 0.2) is 0 Å². The van der Waals surface area contributed by atoms with Crippen molar-refractivity contribution in [2.45, 2.75) is 32.4 Å². The summed E-state index contributed by atoms with van der Waals surface area (Å²) in [5.41, 5.74) is 0.101. The molecule has 174 valence electrons. The molecule has 33 heavy (non-hydrogen) atoms. The molecule has 0 saturated heterocycles. The standard InChI is InChI=1S/C25H23F3O5/c1-3-30-23(29)24(2,31-17-18-7-5-4-6-8-18)33-22-15-13-21(14-16-22)32-20-11-9-19(10-12-20)25(26,27)28/h4-16H,3,17H2,1-2H3. The highest BCUT2D eigenvalue weighted by atomic mass is 19.4. The van der Waals surface area contributed by atoms with E-state index in [2.05, 4.69) is 0 Å². The smallest absolute Gasteiger partial charge is 0.416 e. The third-order valence-electron chi connectivity index (χ3n) is 4.56. The Balaban J connectivity index is 1.68. The molecule has 0 fully saturated rings. The summed E-state index contributed by atoms with van der Waals surface area (Å²) >= 11 is 0. The van der Waals surface area contributed by atoms with E-state index in [4.69, 9.17) is 18.9 Å². The zero-order chi connectivity index (χ0) is 23.9. The maximum Gasteiger partial charge on any atom is 0.416 e. The Morgan fingerprint density at radius 3 is 1.91 bits per heavy atom. The molecule has 8 heteroatoms. The molecule has 5 nitrogen and oxygen atoms in total. The van der Waals surface area contributed by atoms with Gasteiger partial charge in [-0.15, -0.1) is 0 Å². The molecule has 1 unspecified atom stereocenters. The number of carbonyl (C=O) groups excluding carboxylic acids is 1. The van der Waals surface area contributed by atoms with E-state index in [0.29, 0.717) is 11.5 Å². The quantitative estimate of drug-likeness (QED) is 0.274. The summed E-state index contributed by atoms with van der Waals surface area (Å²) in [5.74, 6) is -1.42. The van der Waals surface area contributed by atoms with Crippen LogP contribution in [0.3, 0.4) is 0 Å². The first-order valence-electron chi connectivity index (χ1n) is 10.2. The van der Waals surface area contributed by atoms with Gasteiger partial charge in [-0.3, -0.25) is 0 Å². The molecule has 0 saturated carbocycles. The van der Waals surface area contributed by atoms with E-state index in [1.165, 1.54) is 19.1 Å². The first-order chi connectivity index (χ1) is 15.7. The molecule has 3 rings (SSSR count). The van der Waals surface area contributed by atoms with Crippen LogP contribution in [0.2, 0.25) is 0 Å². The van der Waals surface area contributed by atoms with Crippen LogP contribution < -0.4 is 9.47 Å². The molecule has 3 aromatic rings. The zero-order valence-corrected chi connectivity index (χ0v) is 18.1. The highest BCUT2D eigenvalue weighted by molar-refractivity contribution is 5.77. The van der Waals surface area contributed by atoms with E-state index in [9.17, 15) is 18.0 Å². The number of benzene rings is 3. The van der Waals surface area contributed by atoms with Crippen molar-refractivity contribution in [2.75, 3.05) is 6.61 Å². The van der Waals surface area contributed by atoms with Gasteiger partial charge in [-0.25, -0.2) is 4.79 Å². The second kappa shape index (κ2) is 10.4. The highest BCUT2D eigenvalue weighted by Crippen LogP contribution is 2.32. The summed E-state index contributed by atoms with van der Waals surface area (Å²) in [7, 11) is 0. The second-order valence-corrected chi connectivity index (χ2v) is 7.14. The average Bonchev–Trinajstić information content (AvgIpc) is 2.80. The topological polar surface area (TPSA) is 54.0 Å². The van der Waals surface area contributed by atoms with Crippen molar-refractivity contribution in [1.29, 1.82) is 0 Å². The van der Waals surface area contributed by atoms with Crippen molar-refractivity contribution in [1.82, 2.24) is 0 Å². The Hall–Kier alpha value is -3.52. The number of halogens is 3. The van der Waals surface area contributed by atoms with Crippen LogP contribution in [0.25, 0.3) is 0 Å². The van der Waals surface area contributed by atoms with Crippen molar-refractivity contribution >= 4 is 5.97 Å². The van der Waals surface area contributed by atoms with Crippen LogP contribution in [0.15, 0.2) is 78.9 Å². The van der Waals surface area contributed by atoms with E-state index >= 15 is 0 Å². The molecule has 1 atom stereocenters. The third-order valence-corrected chi connectivity index (χ3v) is 4.56.